The fourth-order valence-electron chi connectivity index (χ4n) is 5.63. The molecule has 0 atom stereocenters. The number of carbonyl (C=O) groups is 1. The Kier molecular flexibility index (Phi) is 7.98. The van der Waals surface area contributed by atoms with Crippen LogP contribution >= 0.6 is 0 Å². The van der Waals surface area contributed by atoms with Crippen molar-refractivity contribution in [2.45, 2.75) is 90.8 Å². The number of carboxylic acids is 1. The summed E-state index contributed by atoms with van der Waals surface area (Å²) < 4.78 is 6.31. The molecule has 0 unspecified atom stereocenters. The van der Waals surface area contributed by atoms with E-state index in [1.807, 2.05) is 0 Å². The molecule has 0 radical (unpaired) electrons. The summed E-state index contributed by atoms with van der Waals surface area (Å²) in [6.07, 6.45) is 8.59. The van der Waals surface area contributed by atoms with Crippen LogP contribution in [-0.2, 0) is 11.3 Å². The predicted octanol–water partition coefficient (Wildman–Crippen LogP) is 7.07. The van der Waals surface area contributed by atoms with Gasteiger partial charge in [-0.1, -0.05) is 51.1 Å². The van der Waals surface area contributed by atoms with E-state index in [0.717, 1.165) is 56.7 Å². The number of carboxylic acid groups (broad SMARTS) is 1. The molecule has 0 amide bonds. The molecule has 2 aliphatic carbocycles. The molecule has 2 aliphatic rings. The lowest BCUT2D eigenvalue weighted by molar-refractivity contribution is -0.142. The Hall–Kier alpha value is -2.33. The number of hydrogen-bond acceptors (Lipinski definition) is 3. The van der Waals surface area contributed by atoms with Crippen molar-refractivity contribution in [3.8, 4) is 16.9 Å². The van der Waals surface area contributed by atoms with E-state index in [4.69, 9.17) is 4.74 Å². The van der Waals surface area contributed by atoms with Gasteiger partial charge in [-0.15, -0.1) is 0 Å². The van der Waals surface area contributed by atoms with Crippen LogP contribution in [0.5, 0.6) is 5.75 Å². The first-order valence-corrected chi connectivity index (χ1v) is 13.1. The summed E-state index contributed by atoms with van der Waals surface area (Å²) >= 11 is 0. The molecule has 4 nitrogen and oxygen atoms in total. The van der Waals surface area contributed by atoms with Gasteiger partial charge >= 0.3 is 5.97 Å². The van der Waals surface area contributed by atoms with Gasteiger partial charge in [0.15, 0.2) is 0 Å². The van der Waals surface area contributed by atoms with Gasteiger partial charge in [-0.2, -0.15) is 0 Å². The first kappa shape index (κ1) is 24.8. The van der Waals surface area contributed by atoms with E-state index in [1.165, 1.54) is 29.5 Å². The van der Waals surface area contributed by atoms with Crippen LogP contribution in [0.1, 0.15) is 77.7 Å². The van der Waals surface area contributed by atoms with Gasteiger partial charge in [0.25, 0.3) is 0 Å². The van der Waals surface area contributed by atoms with Crippen LogP contribution in [0.2, 0.25) is 0 Å². The number of benzene rings is 2. The Morgan fingerprint density at radius 1 is 0.912 bits per heavy atom. The van der Waals surface area contributed by atoms with Crippen molar-refractivity contribution in [3.63, 3.8) is 0 Å². The fraction of sp³-hybridized carbons (Fsp3) is 0.567. The Labute approximate surface area is 205 Å². The average Bonchev–Trinajstić information content (AvgIpc) is 2.83. The second-order valence-electron chi connectivity index (χ2n) is 11.4. The molecule has 0 spiro atoms. The van der Waals surface area contributed by atoms with Crippen LogP contribution in [0, 0.1) is 17.3 Å². The molecule has 4 rings (SSSR count). The van der Waals surface area contributed by atoms with Crippen molar-refractivity contribution in [3.05, 3.63) is 54.1 Å². The highest BCUT2D eigenvalue weighted by Crippen LogP contribution is 2.39. The lowest BCUT2D eigenvalue weighted by atomic mass is 9.72. The number of aliphatic carboxylic acids is 1. The molecule has 0 saturated heterocycles. The maximum Gasteiger partial charge on any atom is 0.306 e. The van der Waals surface area contributed by atoms with Crippen LogP contribution in [-0.4, -0.2) is 23.2 Å². The van der Waals surface area contributed by atoms with Crippen LogP contribution in [0.15, 0.2) is 48.5 Å². The molecule has 0 bridgehead atoms. The average molecular weight is 464 g/mol. The van der Waals surface area contributed by atoms with Gasteiger partial charge in [0.05, 0.1) is 12.0 Å². The number of hydrogen-bond donors (Lipinski definition) is 2. The zero-order chi connectivity index (χ0) is 24.1. The summed E-state index contributed by atoms with van der Waals surface area (Å²) in [5.41, 5.74) is 4.07. The summed E-state index contributed by atoms with van der Waals surface area (Å²) in [7, 11) is 0. The van der Waals surface area contributed by atoms with E-state index in [0.29, 0.717) is 17.6 Å². The smallest absolute Gasteiger partial charge is 0.306 e. The minimum Gasteiger partial charge on any atom is -0.490 e. The standard InChI is InChI=1S/C30H41NO3/c1-30(2,3)25-11-17-28(18-12-25)34-27-15-9-22(10-16-27)24-6-4-5-21(19-24)20-31-26-13-7-23(8-14-26)29(32)33/h4-6,9-10,15-16,19,23,25-26,28,31H,7-8,11-14,17-18,20H2,1-3H3,(H,32,33)/t23-,25-,26-,28-. The van der Waals surface area contributed by atoms with Crippen molar-refractivity contribution in [1.82, 2.24) is 5.32 Å². The summed E-state index contributed by atoms with van der Waals surface area (Å²) in [5.74, 6) is 0.969. The zero-order valence-electron chi connectivity index (χ0n) is 21.1. The molecule has 0 heterocycles. The quantitative estimate of drug-likeness (QED) is 0.461. The molecule has 4 heteroatoms. The maximum absolute atomic E-state index is 11.1. The third-order valence-electron chi connectivity index (χ3n) is 7.99. The third-order valence-corrected chi connectivity index (χ3v) is 7.99. The van der Waals surface area contributed by atoms with Gasteiger partial charge < -0.3 is 15.2 Å². The zero-order valence-corrected chi connectivity index (χ0v) is 21.1. The van der Waals surface area contributed by atoms with Crippen molar-refractivity contribution >= 4 is 5.97 Å². The summed E-state index contributed by atoms with van der Waals surface area (Å²) in [5, 5.41) is 12.8. The topological polar surface area (TPSA) is 58.6 Å². The van der Waals surface area contributed by atoms with Crippen LogP contribution < -0.4 is 10.1 Å². The lowest BCUT2D eigenvalue weighted by Gasteiger charge is -2.36. The van der Waals surface area contributed by atoms with Gasteiger partial charge in [-0.3, -0.25) is 4.79 Å². The second kappa shape index (κ2) is 10.9. The second-order valence-corrected chi connectivity index (χ2v) is 11.4. The van der Waals surface area contributed by atoms with Crippen molar-refractivity contribution in [1.29, 1.82) is 0 Å². The van der Waals surface area contributed by atoms with E-state index < -0.39 is 5.97 Å². The molecule has 2 N–H and O–H groups in total. The van der Waals surface area contributed by atoms with E-state index in [1.54, 1.807) is 0 Å². The predicted molar refractivity (Wildman–Crippen MR) is 138 cm³/mol. The number of nitrogens with one attached hydrogen (secondary N) is 1. The highest BCUT2D eigenvalue weighted by Gasteiger charge is 2.30. The highest BCUT2D eigenvalue weighted by molar-refractivity contribution is 5.70. The molecule has 0 aromatic heterocycles. The van der Waals surface area contributed by atoms with Gasteiger partial charge in [0, 0.05) is 12.6 Å². The lowest BCUT2D eigenvalue weighted by Crippen LogP contribution is -2.34. The van der Waals surface area contributed by atoms with Crippen molar-refractivity contribution in [2.75, 3.05) is 0 Å². The van der Waals surface area contributed by atoms with Gasteiger partial charge in [-0.25, -0.2) is 0 Å². The van der Waals surface area contributed by atoms with E-state index in [9.17, 15) is 9.90 Å². The Bertz CT molecular complexity index is 930. The van der Waals surface area contributed by atoms with Gasteiger partial charge in [0.1, 0.15) is 5.75 Å². The normalized spacial score (nSPS) is 25.6. The molecule has 184 valence electrons. The first-order chi connectivity index (χ1) is 16.3. The molecule has 2 aromatic carbocycles. The van der Waals surface area contributed by atoms with Crippen LogP contribution in [0.25, 0.3) is 11.1 Å². The van der Waals surface area contributed by atoms with Crippen molar-refractivity contribution < 1.29 is 14.6 Å². The van der Waals surface area contributed by atoms with Gasteiger partial charge in [0.2, 0.25) is 0 Å². The Morgan fingerprint density at radius 3 is 2.21 bits per heavy atom. The SMILES string of the molecule is CC(C)(C)[C@H]1CC[C@H](Oc2ccc(-c3cccc(CN[C@H]4CC[C@H](C(=O)O)CC4)c3)cc2)CC1. The minimum atomic E-state index is -0.643. The highest BCUT2D eigenvalue weighted by atomic mass is 16.5. The monoisotopic (exact) mass is 463 g/mol. The fourth-order valence-corrected chi connectivity index (χ4v) is 5.63. The maximum atomic E-state index is 11.1. The van der Waals surface area contributed by atoms with Crippen LogP contribution in [0.3, 0.4) is 0 Å². The molecule has 34 heavy (non-hydrogen) atoms. The molecule has 0 aliphatic heterocycles. The molecular weight excluding hydrogens is 422 g/mol. The Balaban J connectivity index is 1.28. The molecule has 2 fully saturated rings. The van der Waals surface area contributed by atoms with E-state index in [2.05, 4.69) is 74.6 Å². The molecule has 2 aromatic rings. The Morgan fingerprint density at radius 2 is 1.59 bits per heavy atom. The number of rotatable bonds is 7. The van der Waals surface area contributed by atoms with E-state index >= 15 is 0 Å². The largest absolute Gasteiger partial charge is 0.490 e. The van der Waals surface area contributed by atoms with Crippen LogP contribution in [0.4, 0.5) is 0 Å². The van der Waals surface area contributed by atoms with Crippen molar-refractivity contribution in [2.24, 2.45) is 17.3 Å². The first-order valence-electron chi connectivity index (χ1n) is 13.1. The van der Waals surface area contributed by atoms with E-state index in [-0.39, 0.29) is 5.92 Å². The van der Waals surface area contributed by atoms with Gasteiger partial charge in [-0.05, 0) is 97.6 Å². The molecular formula is C30H41NO3. The summed E-state index contributed by atoms with van der Waals surface area (Å²) in [6.45, 7) is 7.88. The summed E-state index contributed by atoms with van der Waals surface area (Å²) in [6, 6.07) is 17.6. The molecule has 2 saturated carbocycles. The number of ether oxygens (including phenoxy) is 1. The minimum absolute atomic E-state index is 0.160. The third kappa shape index (κ3) is 6.63. The summed E-state index contributed by atoms with van der Waals surface area (Å²) in [4.78, 5) is 11.1.